The molecule has 0 aromatic heterocycles. The second-order valence-electron chi connectivity index (χ2n) is 6.13. The summed E-state index contributed by atoms with van der Waals surface area (Å²) in [5, 5.41) is 0. The summed E-state index contributed by atoms with van der Waals surface area (Å²) in [4.78, 5) is 13.8. The van der Waals surface area contributed by atoms with E-state index in [1.54, 1.807) is 18.2 Å². The predicted octanol–water partition coefficient (Wildman–Crippen LogP) is 2.89. The summed E-state index contributed by atoms with van der Waals surface area (Å²) in [5.74, 6) is 0.808. The van der Waals surface area contributed by atoms with Crippen LogP contribution in [0.1, 0.15) is 17.2 Å². The molecular weight excluding hydrogens is 349 g/mol. The van der Waals surface area contributed by atoms with Crippen LogP contribution in [-0.2, 0) is 11.0 Å². The minimum Gasteiger partial charge on any atom is -0.486 e. The fourth-order valence-corrected chi connectivity index (χ4v) is 3.21. The Labute approximate surface area is 147 Å². The predicted molar refractivity (Wildman–Crippen MR) is 87.1 cm³/mol. The van der Waals surface area contributed by atoms with Gasteiger partial charge in [-0.15, -0.1) is 0 Å². The van der Waals surface area contributed by atoms with Gasteiger partial charge in [0.15, 0.2) is 11.5 Å². The number of benzene rings is 2. The van der Waals surface area contributed by atoms with Gasteiger partial charge in [0.2, 0.25) is 5.91 Å². The van der Waals surface area contributed by atoms with Crippen molar-refractivity contribution < 1.29 is 27.4 Å². The Morgan fingerprint density at radius 2 is 1.65 bits per heavy atom. The van der Waals surface area contributed by atoms with Crippen molar-refractivity contribution in [2.45, 2.75) is 18.3 Å². The highest BCUT2D eigenvalue weighted by atomic mass is 19.4. The number of hydrogen-bond acceptors (Lipinski definition) is 4. The number of alkyl halides is 3. The number of nitrogens with zero attached hydrogens (tertiary/aromatic N) is 1. The van der Waals surface area contributed by atoms with Gasteiger partial charge in [0.25, 0.3) is 0 Å². The van der Waals surface area contributed by atoms with Gasteiger partial charge in [-0.05, 0) is 29.8 Å². The van der Waals surface area contributed by atoms with E-state index in [0.717, 1.165) is 12.1 Å². The van der Waals surface area contributed by atoms with Crippen LogP contribution >= 0.6 is 0 Å². The summed E-state index contributed by atoms with van der Waals surface area (Å²) in [6.45, 7) is 0.861. The molecule has 2 aromatic carbocycles. The van der Waals surface area contributed by atoms with Crippen molar-refractivity contribution in [2.24, 2.45) is 5.73 Å². The summed E-state index contributed by atoms with van der Waals surface area (Å²) in [6.07, 6.45) is -4.41. The van der Waals surface area contributed by atoms with E-state index >= 15 is 0 Å². The van der Waals surface area contributed by atoms with E-state index in [9.17, 15) is 18.0 Å². The number of rotatable bonds is 2. The normalized spacial score (nSPS) is 22.2. The quantitative estimate of drug-likeness (QED) is 0.833. The van der Waals surface area contributed by atoms with Crippen molar-refractivity contribution >= 4 is 11.6 Å². The van der Waals surface area contributed by atoms with Crippen molar-refractivity contribution in [2.75, 3.05) is 18.1 Å². The maximum absolute atomic E-state index is 12.7. The molecule has 1 fully saturated rings. The summed E-state index contributed by atoms with van der Waals surface area (Å²) in [6, 6.07) is 8.43. The van der Waals surface area contributed by atoms with Crippen LogP contribution in [0.4, 0.5) is 18.9 Å². The highest BCUT2D eigenvalue weighted by molar-refractivity contribution is 6.05. The van der Waals surface area contributed by atoms with Crippen LogP contribution < -0.4 is 20.1 Å². The molecule has 2 aliphatic heterocycles. The number of β-lactam (4-membered cyclic amide) rings is 1. The highest BCUT2D eigenvalue weighted by Gasteiger charge is 2.47. The fourth-order valence-electron chi connectivity index (χ4n) is 3.21. The molecule has 0 spiro atoms. The molecule has 2 atom stereocenters. The molecule has 1 saturated heterocycles. The first-order valence-electron chi connectivity index (χ1n) is 8.02. The number of fused-ring (bicyclic) bond motifs is 1. The number of anilines is 1. The van der Waals surface area contributed by atoms with Crippen molar-refractivity contribution in [3.63, 3.8) is 0 Å². The number of hydrogen-bond donors (Lipinski definition) is 1. The molecule has 2 aliphatic rings. The van der Waals surface area contributed by atoms with Crippen molar-refractivity contribution in [3.05, 3.63) is 53.6 Å². The van der Waals surface area contributed by atoms with Gasteiger partial charge in [-0.25, -0.2) is 0 Å². The van der Waals surface area contributed by atoms with Crippen molar-refractivity contribution in [3.8, 4) is 11.5 Å². The molecule has 0 unspecified atom stereocenters. The molecule has 2 heterocycles. The molecule has 0 saturated carbocycles. The van der Waals surface area contributed by atoms with Gasteiger partial charge in [-0.3, -0.25) is 4.79 Å². The zero-order valence-electron chi connectivity index (χ0n) is 13.5. The molecule has 26 heavy (non-hydrogen) atoms. The minimum atomic E-state index is -4.41. The first-order valence-corrected chi connectivity index (χ1v) is 8.02. The van der Waals surface area contributed by atoms with Gasteiger partial charge in [0.1, 0.15) is 19.3 Å². The number of amides is 1. The molecule has 0 bridgehead atoms. The Morgan fingerprint density at radius 3 is 2.31 bits per heavy atom. The fraction of sp³-hybridized carbons (Fsp3) is 0.278. The molecule has 136 valence electrons. The van der Waals surface area contributed by atoms with Gasteiger partial charge in [0, 0.05) is 11.8 Å². The van der Waals surface area contributed by atoms with Crippen LogP contribution in [0.2, 0.25) is 0 Å². The number of halogens is 3. The van der Waals surface area contributed by atoms with E-state index < -0.39 is 23.8 Å². The Balaban J connectivity index is 1.65. The second-order valence-corrected chi connectivity index (χ2v) is 6.13. The molecule has 0 radical (unpaired) electrons. The Bertz CT molecular complexity index is 852. The first-order chi connectivity index (χ1) is 12.4. The largest absolute Gasteiger partial charge is 0.486 e. The lowest BCUT2D eigenvalue weighted by molar-refractivity contribution is -0.137. The highest BCUT2D eigenvalue weighted by Crippen LogP contribution is 2.42. The molecule has 2 N–H and O–H groups in total. The maximum Gasteiger partial charge on any atom is 0.416 e. The lowest BCUT2D eigenvalue weighted by Crippen LogP contribution is -2.63. The summed E-state index contributed by atoms with van der Waals surface area (Å²) in [5.41, 5.74) is 6.28. The second kappa shape index (κ2) is 5.91. The monoisotopic (exact) mass is 364 g/mol. The van der Waals surface area contributed by atoms with E-state index in [-0.39, 0.29) is 5.91 Å². The number of carbonyl (C=O) groups is 1. The lowest BCUT2D eigenvalue weighted by Gasteiger charge is -2.45. The SMILES string of the molecule is N[C@H]1C(=O)N(c2ccc3c(c2)OCCO3)[C@H]1c1ccc(C(F)(F)F)cc1. The Kier molecular flexibility index (Phi) is 3.80. The molecule has 1 amide bonds. The summed E-state index contributed by atoms with van der Waals surface area (Å²) < 4.78 is 49.2. The van der Waals surface area contributed by atoms with Crippen LogP contribution in [0, 0.1) is 0 Å². The lowest BCUT2D eigenvalue weighted by atomic mass is 9.88. The minimum absolute atomic E-state index is 0.299. The number of nitrogens with two attached hydrogens (primary N) is 1. The first kappa shape index (κ1) is 16.7. The smallest absolute Gasteiger partial charge is 0.416 e. The number of carbonyl (C=O) groups excluding carboxylic acids is 1. The van der Waals surface area contributed by atoms with Crippen molar-refractivity contribution in [1.82, 2.24) is 0 Å². The molecular formula is C18H15F3N2O3. The third-order valence-electron chi connectivity index (χ3n) is 4.52. The van der Waals surface area contributed by atoms with Gasteiger partial charge in [-0.2, -0.15) is 13.2 Å². The molecule has 2 aromatic rings. The van der Waals surface area contributed by atoms with Gasteiger partial charge in [0.05, 0.1) is 11.6 Å². The molecule has 5 nitrogen and oxygen atoms in total. The number of ether oxygens (including phenoxy) is 2. The molecule has 0 aliphatic carbocycles. The van der Waals surface area contributed by atoms with Crippen LogP contribution in [0.5, 0.6) is 11.5 Å². The van der Waals surface area contributed by atoms with Gasteiger partial charge in [-0.1, -0.05) is 12.1 Å². The Morgan fingerprint density at radius 1 is 1.00 bits per heavy atom. The standard InChI is InChI=1S/C18H15F3N2O3/c19-18(20,21)11-3-1-10(2-4-11)16-15(22)17(24)23(16)12-5-6-13-14(9-12)26-8-7-25-13/h1-6,9,15-16H,7-8,22H2/t15-,16+/m1/s1. The summed E-state index contributed by atoms with van der Waals surface area (Å²) in [7, 11) is 0. The van der Waals surface area contributed by atoms with E-state index in [1.165, 1.54) is 17.0 Å². The van der Waals surface area contributed by atoms with Gasteiger partial charge >= 0.3 is 6.18 Å². The zero-order chi connectivity index (χ0) is 18.5. The average Bonchev–Trinajstić information content (AvgIpc) is 2.64. The van der Waals surface area contributed by atoms with E-state index in [4.69, 9.17) is 15.2 Å². The zero-order valence-corrected chi connectivity index (χ0v) is 13.5. The average molecular weight is 364 g/mol. The van der Waals surface area contributed by atoms with Gasteiger partial charge < -0.3 is 20.1 Å². The van der Waals surface area contributed by atoms with E-state index in [2.05, 4.69) is 0 Å². The van der Waals surface area contributed by atoms with Crippen LogP contribution in [0.3, 0.4) is 0 Å². The van der Waals surface area contributed by atoms with E-state index in [0.29, 0.717) is 36.0 Å². The van der Waals surface area contributed by atoms with Crippen molar-refractivity contribution in [1.29, 1.82) is 0 Å². The van der Waals surface area contributed by atoms with Crippen LogP contribution in [0.25, 0.3) is 0 Å². The van der Waals surface area contributed by atoms with E-state index in [1.807, 2.05) is 0 Å². The molecule has 4 rings (SSSR count). The third kappa shape index (κ3) is 2.66. The van der Waals surface area contributed by atoms with Crippen LogP contribution in [-0.4, -0.2) is 25.2 Å². The molecule has 8 heteroatoms. The maximum atomic E-state index is 12.7. The third-order valence-corrected chi connectivity index (χ3v) is 4.52. The topological polar surface area (TPSA) is 64.8 Å². The Hall–Kier alpha value is -2.74. The van der Waals surface area contributed by atoms with Crippen LogP contribution in [0.15, 0.2) is 42.5 Å². The summed E-state index contributed by atoms with van der Waals surface area (Å²) >= 11 is 0.